The minimum absolute atomic E-state index is 0.0619. The Hall–Kier alpha value is -2.14. The molecular weight excluding hydrogens is 365 g/mol. The van der Waals surface area contributed by atoms with E-state index < -0.39 is 5.41 Å². The topological polar surface area (TPSA) is 47.6 Å². The van der Waals surface area contributed by atoms with Crippen molar-refractivity contribution in [3.63, 3.8) is 0 Å². The zero-order chi connectivity index (χ0) is 18.4. The van der Waals surface area contributed by atoms with E-state index in [-0.39, 0.29) is 18.1 Å². The van der Waals surface area contributed by atoms with Crippen LogP contribution in [0.25, 0.3) is 0 Å². The first-order valence-electron chi connectivity index (χ1n) is 7.59. The zero-order valence-electron chi connectivity index (χ0n) is 13.2. The Labute approximate surface area is 155 Å². The highest BCUT2D eigenvalue weighted by atomic mass is 35.5. The third-order valence-corrected chi connectivity index (χ3v) is 4.61. The van der Waals surface area contributed by atoms with E-state index in [4.69, 9.17) is 33.7 Å². The van der Waals surface area contributed by atoms with Crippen molar-refractivity contribution in [3.8, 4) is 12.1 Å². The van der Waals surface area contributed by atoms with Crippen molar-refractivity contribution in [1.29, 1.82) is 10.5 Å². The summed E-state index contributed by atoms with van der Waals surface area (Å²) in [7, 11) is 0. The molecule has 0 bridgehead atoms. The molecule has 0 saturated heterocycles. The summed E-state index contributed by atoms with van der Waals surface area (Å²) in [6.45, 7) is 0. The molecule has 1 aliphatic rings. The first-order chi connectivity index (χ1) is 11.9. The van der Waals surface area contributed by atoms with Gasteiger partial charge in [0.1, 0.15) is 11.6 Å². The number of benzene rings is 2. The largest absolute Gasteiger partial charge is 0.207 e. The standard InChI is InChI=1S/C11H9ClFN.C8H5ClFN/c12-8-2-3-10(13)9(6-8)11(7-14)4-1-5-11;9-7-1-2-8(10)6(5-7)3-4-11/h2-3,6H,1,4-5H2;1-2,5H,3H2. The number of hydrogen-bond acceptors (Lipinski definition) is 2. The predicted octanol–water partition coefficient (Wildman–Crippen LogP) is 5.97. The Morgan fingerprint density at radius 3 is 2.08 bits per heavy atom. The molecular formula is C19H14Cl2F2N2. The van der Waals surface area contributed by atoms with Crippen molar-refractivity contribution >= 4 is 23.2 Å². The van der Waals surface area contributed by atoms with Gasteiger partial charge in [-0.05, 0) is 55.7 Å². The fraction of sp³-hybridized carbons (Fsp3) is 0.263. The Kier molecular flexibility index (Phi) is 6.37. The summed E-state index contributed by atoms with van der Waals surface area (Å²) in [6, 6.07) is 12.6. The molecule has 25 heavy (non-hydrogen) atoms. The maximum atomic E-state index is 13.5. The second kappa shape index (κ2) is 8.30. The summed E-state index contributed by atoms with van der Waals surface area (Å²) in [4.78, 5) is 0. The van der Waals surface area contributed by atoms with Crippen LogP contribution in [-0.2, 0) is 11.8 Å². The molecule has 3 rings (SSSR count). The average molecular weight is 379 g/mol. The number of hydrogen-bond donors (Lipinski definition) is 0. The van der Waals surface area contributed by atoms with E-state index in [0.717, 1.165) is 19.3 Å². The molecule has 128 valence electrons. The van der Waals surface area contributed by atoms with Crippen LogP contribution in [0, 0.1) is 34.3 Å². The van der Waals surface area contributed by atoms with Crippen LogP contribution in [0.15, 0.2) is 36.4 Å². The second-order valence-electron chi connectivity index (χ2n) is 5.74. The molecule has 2 aromatic rings. The predicted molar refractivity (Wildman–Crippen MR) is 93.3 cm³/mol. The number of nitriles is 2. The van der Waals surface area contributed by atoms with Gasteiger partial charge in [-0.3, -0.25) is 0 Å². The smallest absolute Gasteiger partial charge is 0.128 e. The maximum absolute atomic E-state index is 13.5. The molecule has 0 aromatic heterocycles. The van der Waals surface area contributed by atoms with Gasteiger partial charge >= 0.3 is 0 Å². The van der Waals surface area contributed by atoms with Gasteiger partial charge in [0.15, 0.2) is 0 Å². The van der Waals surface area contributed by atoms with Crippen molar-refractivity contribution in [2.24, 2.45) is 0 Å². The van der Waals surface area contributed by atoms with Crippen LogP contribution >= 0.6 is 23.2 Å². The average Bonchev–Trinajstić information content (AvgIpc) is 2.55. The van der Waals surface area contributed by atoms with Crippen LogP contribution in [0.3, 0.4) is 0 Å². The Bertz CT molecular complexity index is 849. The molecule has 0 atom stereocenters. The van der Waals surface area contributed by atoms with E-state index in [0.29, 0.717) is 21.2 Å². The van der Waals surface area contributed by atoms with E-state index in [1.54, 1.807) is 6.07 Å². The Morgan fingerprint density at radius 1 is 0.960 bits per heavy atom. The minimum atomic E-state index is -0.616. The van der Waals surface area contributed by atoms with Crippen LogP contribution in [0.4, 0.5) is 8.78 Å². The normalized spacial score (nSPS) is 14.3. The van der Waals surface area contributed by atoms with Crippen molar-refractivity contribution in [3.05, 3.63) is 69.2 Å². The summed E-state index contributed by atoms with van der Waals surface area (Å²) in [5.74, 6) is -0.702. The fourth-order valence-electron chi connectivity index (χ4n) is 2.60. The van der Waals surface area contributed by atoms with Crippen molar-refractivity contribution < 1.29 is 8.78 Å². The van der Waals surface area contributed by atoms with Gasteiger partial charge in [0.2, 0.25) is 0 Å². The summed E-state index contributed by atoms with van der Waals surface area (Å²) in [5.41, 5.74) is 0.188. The molecule has 0 unspecified atom stereocenters. The van der Waals surface area contributed by atoms with Gasteiger partial charge in [-0.1, -0.05) is 23.2 Å². The molecule has 2 aromatic carbocycles. The molecule has 0 heterocycles. The van der Waals surface area contributed by atoms with Crippen LogP contribution in [0.1, 0.15) is 30.4 Å². The van der Waals surface area contributed by atoms with Crippen LogP contribution in [-0.4, -0.2) is 0 Å². The lowest BCUT2D eigenvalue weighted by Gasteiger charge is -2.35. The van der Waals surface area contributed by atoms with Gasteiger partial charge < -0.3 is 0 Å². The van der Waals surface area contributed by atoms with Crippen molar-refractivity contribution in [1.82, 2.24) is 0 Å². The van der Waals surface area contributed by atoms with Gasteiger partial charge in [-0.2, -0.15) is 10.5 Å². The monoisotopic (exact) mass is 378 g/mol. The summed E-state index contributed by atoms with van der Waals surface area (Å²) >= 11 is 11.4. The second-order valence-corrected chi connectivity index (χ2v) is 6.62. The molecule has 0 radical (unpaired) electrons. The molecule has 1 fully saturated rings. The lowest BCUT2D eigenvalue weighted by atomic mass is 9.65. The lowest BCUT2D eigenvalue weighted by Crippen LogP contribution is -2.33. The van der Waals surface area contributed by atoms with Crippen molar-refractivity contribution in [2.75, 3.05) is 0 Å². The minimum Gasteiger partial charge on any atom is -0.207 e. The van der Waals surface area contributed by atoms with Crippen LogP contribution in [0.5, 0.6) is 0 Å². The molecule has 1 aliphatic carbocycles. The van der Waals surface area contributed by atoms with Gasteiger partial charge in [-0.15, -0.1) is 0 Å². The molecule has 2 nitrogen and oxygen atoms in total. The zero-order valence-corrected chi connectivity index (χ0v) is 14.7. The maximum Gasteiger partial charge on any atom is 0.128 e. The fourth-order valence-corrected chi connectivity index (χ4v) is 2.97. The molecule has 6 heteroatoms. The third-order valence-electron chi connectivity index (χ3n) is 4.14. The number of nitrogens with zero attached hydrogens (tertiary/aromatic N) is 2. The Morgan fingerprint density at radius 2 is 1.56 bits per heavy atom. The summed E-state index contributed by atoms with van der Waals surface area (Å²) in [6.07, 6.45) is 2.52. The van der Waals surface area contributed by atoms with Gasteiger partial charge in [0.05, 0.1) is 24.0 Å². The summed E-state index contributed by atoms with van der Waals surface area (Å²) < 4.78 is 26.2. The molecule has 0 spiro atoms. The van der Waals surface area contributed by atoms with Gasteiger partial charge in [0, 0.05) is 21.2 Å². The highest BCUT2D eigenvalue weighted by Crippen LogP contribution is 2.44. The van der Waals surface area contributed by atoms with Crippen LogP contribution < -0.4 is 0 Å². The van der Waals surface area contributed by atoms with E-state index in [2.05, 4.69) is 6.07 Å². The number of rotatable bonds is 2. The van der Waals surface area contributed by atoms with E-state index in [1.807, 2.05) is 6.07 Å². The van der Waals surface area contributed by atoms with Crippen molar-refractivity contribution in [2.45, 2.75) is 31.1 Å². The molecule has 0 amide bonds. The number of halogens is 4. The van der Waals surface area contributed by atoms with Gasteiger partial charge in [-0.25, -0.2) is 8.78 Å². The van der Waals surface area contributed by atoms with Crippen LogP contribution in [0.2, 0.25) is 10.0 Å². The lowest BCUT2D eigenvalue weighted by molar-refractivity contribution is 0.313. The summed E-state index contributed by atoms with van der Waals surface area (Å²) in [5, 5.41) is 18.3. The highest BCUT2D eigenvalue weighted by Gasteiger charge is 2.41. The quantitative estimate of drug-likeness (QED) is 0.645. The van der Waals surface area contributed by atoms with E-state index >= 15 is 0 Å². The van der Waals surface area contributed by atoms with Gasteiger partial charge in [0.25, 0.3) is 0 Å². The first-order valence-corrected chi connectivity index (χ1v) is 8.35. The molecule has 0 aliphatic heterocycles. The van der Waals surface area contributed by atoms with E-state index in [1.165, 1.54) is 30.3 Å². The first kappa shape index (κ1) is 19.2. The molecule has 0 N–H and O–H groups in total. The SMILES string of the molecule is N#CC1(c2cc(Cl)ccc2F)CCC1.N#CCc1cc(Cl)ccc1F. The Balaban J connectivity index is 0.000000186. The highest BCUT2D eigenvalue weighted by molar-refractivity contribution is 6.30. The third kappa shape index (κ3) is 4.48. The van der Waals surface area contributed by atoms with E-state index in [9.17, 15) is 8.78 Å². The molecule has 1 saturated carbocycles.